The van der Waals surface area contributed by atoms with Gasteiger partial charge >= 0.3 is 17.9 Å². The van der Waals surface area contributed by atoms with E-state index in [4.69, 9.17) is 28.4 Å². The molecule has 1 aliphatic heterocycles. The average Bonchev–Trinajstić information content (AvgIpc) is 2.75. The smallest absolute Gasteiger partial charge is 0.303 e. The van der Waals surface area contributed by atoms with Crippen LogP contribution in [0.4, 0.5) is 0 Å². The minimum Gasteiger partial charge on any atom is -0.493 e. The molecule has 0 radical (unpaired) electrons. The minimum absolute atomic E-state index is 0.146. The van der Waals surface area contributed by atoms with Gasteiger partial charge in [-0.25, -0.2) is 0 Å². The van der Waals surface area contributed by atoms with Crippen LogP contribution in [0.25, 0.3) is 0 Å². The van der Waals surface area contributed by atoms with E-state index in [9.17, 15) is 24.0 Å². The number of methoxy groups -OCH3 is 1. The zero-order valence-corrected chi connectivity index (χ0v) is 19.4. The lowest BCUT2D eigenvalue weighted by Gasteiger charge is -2.44. The number of hydrogen-bond acceptors (Lipinski definition) is 11. The Kier molecular flexibility index (Phi) is 9.36. The first-order chi connectivity index (χ1) is 16.0. The van der Waals surface area contributed by atoms with E-state index in [1.807, 2.05) is 0 Å². The Hall–Kier alpha value is -3.67. The standard InChI is InChI=1S/C22H27NO11/c1-11(25)23-19-21(32-14(4)28)20(31-13(3)27)18(10-30-12(2)26)34-22(19)33-16-7-6-15(9-24)8-17(16)29-5/h6-9,18-22H,10H2,1-5H3,(H,23,25)/t18-,19+,20+,21+,22-/m1/s1. The second kappa shape index (κ2) is 12.0. The summed E-state index contributed by atoms with van der Waals surface area (Å²) in [5.41, 5.74) is 0.326. The summed E-state index contributed by atoms with van der Waals surface area (Å²) in [5, 5.41) is 2.59. The SMILES string of the molecule is COc1cc(C=O)ccc1O[C@@H]1O[C@H](COC(C)=O)[C@H](OC(C)=O)[C@@H](OC(C)=O)[C@@H]1NC(C)=O. The van der Waals surface area contributed by atoms with Crippen molar-refractivity contribution in [3.8, 4) is 11.5 Å². The number of aldehydes is 1. The van der Waals surface area contributed by atoms with Crippen molar-refractivity contribution in [2.24, 2.45) is 0 Å². The van der Waals surface area contributed by atoms with Gasteiger partial charge in [0.05, 0.1) is 7.11 Å². The summed E-state index contributed by atoms with van der Waals surface area (Å²) in [6.07, 6.45) is -4.30. The number of benzene rings is 1. The average molecular weight is 481 g/mol. The Morgan fingerprint density at radius 3 is 2.15 bits per heavy atom. The van der Waals surface area contributed by atoms with Crippen LogP contribution in [0.3, 0.4) is 0 Å². The Bertz CT molecular complexity index is 931. The van der Waals surface area contributed by atoms with Gasteiger partial charge in [-0.15, -0.1) is 0 Å². The van der Waals surface area contributed by atoms with Gasteiger partial charge in [-0.05, 0) is 18.2 Å². The molecule has 0 unspecified atom stereocenters. The molecule has 34 heavy (non-hydrogen) atoms. The van der Waals surface area contributed by atoms with Crippen LogP contribution in [0.15, 0.2) is 18.2 Å². The molecule has 1 amide bonds. The fourth-order valence-electron chi connectivity index (χ4n) is 3.37. The monoisotopic (exact) mass is 481 g/mol. The first-order valence-corrected chi connectivity index (χ1v) is 10.3. The Morgan fingerprint density at radius 2 is 1.62 bits per heavy atom. The summed E-state index contributed by atoms with van der Waals surface area (Å²) in [6, 6.07) is 3.22. The van der Waals surface area contributed by atoms with Gasteiger partial charge in [0.2, 0.25) is 12.2 Å². The first kappa shape index (κ1) is 26.6. The van der Waals surface area contributed by atoms with E-state index in [1.165, 1.54) is 39.2 Å². The maximum absolute atomic E-state index is 12.0. The molecule has 5 atom stereocenters. The summed E-state index contributed by atoms with van der Waals surface area (Å²) in [5.74, 6) is -2.24. The molecule has 0 spiro atoms. The number of amides is 1. The van der Waals surface area contributed by atoms with Gasteiger partial charge in [0.1, 0.15) is 25.0 Å². The van der Waals surface area contributed by atoms with Gasteiger partial charge in [-0.1, -0.05) is 0 Å². The third-order valence-electron chi connectivity index (χ3n) is 4.64. The number of rotatable bonds is 9. The second-order valence-electron chi connectivity index (χ2n) is 7.37. The quantitative estimate of drug-likeness (QED) is 0.299. The van der Waals surface area contributed by atoms with E-state index in [2.05, 4.69) is 5.32 Å². The number of nitrogens with one attached hydrogen (secondary N) is 1. The molecule has 1 N–H and O–H groups in total. The molecule has 0 aromatic heterocycles. The van der Waals surface area contributed by atoms with Crippen LogP contribution in [0.1, 0.15) is 38.1 Å². The molecule has 1 aliphatic rings. The second-order valence-corrected chi connectivity index (χ2v) is 7.37. The van der Waals surface area contributed by atoms with Crippen molar-refractivity contribution >= 4 is 30.1 Å². The summed E-state index contributed by atoms with van der Waals surface area (Å²) in [7, 11) is 1.37. The van der Waals surface area contributed by atoms with Crippen molar-refractivity contribution in [3.63, 3.8) is 0 Å². The van der Waals surface area contributed by atoms with E-state index in [1.54, 1.807) is 0 Å². The van der Waals surface area contributed by atoms with Gasteiger partial charge in [0.25, 0.3) is 0 Å². The lowest BCUT2D eigenvalue weighted by molar-refractivity contribution is -0.257. The molecule has 1 aromatic carbocycles. The van der Waals surface area contributed by atoms with Crippen molar-refractivity contribution in [1.29, 1.82) is 0 Å². The van der Waals surface area contributed by atoms with Crippen molar-refractivity contribution in [1.82, 2.24) is 5.32 Å². The highest BCUT2D eigenvalue weighted by Gasteiger charge is 2.52. The van der Waals surface area contributed by atoms with E-state index in [-0.39, 0.29) is 18.1 Å². The number of esters is 3. The molecule has 1 heterocycles. The highest BCUT2D eigenvalue weighted by Crippen LogP contribution is 2.33. The van der Waals surface area contributed by atoms with Gasteiger partial charge in [0, 0.05) is 33.3 Å². The van der Waals surface area contributed by atoms with Crippen LogP contribution >= 0.6 is 0 Å². The number of ether oxygens (including phenoxy) is 6. The predicted molar refractivity (Wildman–Crippen MR) is 113 cm³/mol. The Balaban J connectivity index is 2.51. The van der Waals surface area contributed by atoms with Crippen molar-refractivity contribution in [3.05, 3.63) is 23.8 Å². The van der Waals surface area contributed by atoms with Crippen LogP contribution in [-0.4, -0.2) is 74.5 Å². The molecular formula is C22H27NO11. The molecular weight excluding hydrogens is 454 g/mol. The van der Waals surface area contributed by atoms with Crippen molar-refractivity contribution < 1.29 is 52.4 Å². The molecule has 0 aliphatic carbocycles. The maximum Gasteiger partial charge on any atom is 0.303 e. The lowest BCUT2D eigenvalue weighted by Crippen LogP contribution is -2.67. The molecule has 2 rings (SSSR count). The van der Waals surface area contributed by atoms with Crippen LogP contribution in [0, 0.1) is 0 Å². The van der Waals surface area contributed by atoms with E-state index < -0.39 is 54.5 Å². The van der Waals surface area contributed by atoms with Gasteiger partial charge in [0.15, 0.2) is 23.7 Å². The maximum atomic E-state index is 12.0. The van der Waals surface area contributed by atoms with E-state index in [0.717, 1.165) is 13.8 Å². The summed E-state index contributed by atoms with van der Waals surface area (Å²) < 4.78 is 32.9. The normalized spacial score (nSPS) is 23.7. The molecule has 1 aromatic rings. The number of hydrogen-bond donors (Lipinski definition) is 1. The molecule has 186 valence electrons. The zero-order chi connectivity index (χ0) is 25.4. The fraction of sp³-hybridized carbons (Fsp3) is 0.500. The van der Waals surface area contributed by atoms with E-state index >= 15 is 0 Å². The van der Waals surface area contributed by atoms with Gasteiger partial charge in [-0.3, -0.25) is 24.0 Å². The molecule has 0 saturated carbocycles. The third kappa shape index (κ3) is 7.17. The van der Waals surface area contributed by atoms with E-state index in [0.29, 0.717) is 11.8 Å². The summed E-state index contributed by atoms with van der Waals surface area (Å²) >= 11 is 0. The summed E-state index contributed by atoms with van der Waals surface area (Å²) in [6.45, 7) is 4.33. The zero-order valence-electron chi connectivity index (χ0n) is 19.4. The van der Waals surface area contributed by atoms with Crippen LogP contribution in [0.2, 0.25) is 0 Å². The van der Waals surface area contributed by atoms with Gasteiger partial charge in [-0.2, -0.15) is 0 Å². The molecule has 1 fully saturated rings. The molecule has 1 saturated heterocycles. The first-order valence-electron chi connectivity index (χ1n) is 10.3. The number of carbonyl (C=O) groups excluding carboxylic acids is 5. The minimum atomic E-state index is -1.31. The fourth-order valence-corrected chi connectivity index (χ4v) is 3.37. The third-order valence-corrected chi connectivity index (χ3v) is 4.64. The van der Waals surface area contributed by atoms with Gasteiger partial charge < -0.3 is 33.7 Å². The topological polar surface area (TPSA) is 153 Å². The Labute approximate surface area is 195 Å². The van der Waals surface area contributed by atoms with Crippen molar-refractivity contribution in [2.75, 3.05) is 13.7 Å². The Morgan fingerprint density at radius 1 is 0.971 bits per heavy atom. The summed E-state index contributed by atoms with van der Waals surface area (Å²) in [4.78, 5) is 58.1. The largest absolute Gasteiger partial charge is 0.493 e. The highest BCUT2D eigenvalue weighted by atomic mass is 16.7. The highest BCUT2D eigenvalue weighted by molar-refractivity contribution is 5.76. The lowest BCUT2D eigenvalue weighted by atomic mass is 9.96. The molecule has 12 nitrogen and oxygen atoms in total. The van der Waals surface area contributed by atoms with Crippen LogP contribution < -0.4 is 14.8 Å². The molecule has 0 bridgehead atoms. The van der Waals surface area contributed by atoms with Crippen molar-refractivity contribution in [2.45, 2.75) is 58.3 Å². The predicted octanol–water partition coefficient (Wildman–Crippen LogP) is 0.543. The van der Waals surface area contributed by atoms with Crippen LogP contribution in [-0.2, 0) is 38.1 Å². The van der Waals surface area contributed by atoms with Crippen LogP contribution in [0.5, 0.6) is 11.5 Å². The number of carbonyl (C=O) groups is 5. The molecule has 12 heteroatoms.